The van der Waals surface area contributed by atoms with Crippen LogP contribution >= 0.6 is 27.7 Å². The Kier molecular flexibility index (Phi) is 7.88. The van der Waals surface area contributed by atoms with Crippen LogP contribution in [0.25, 0.3) is 0 Å². The van der Waals surface area contributed by atoms with E-state index in [1.807, 2.05) is 6.26 Å². The van der Waals surface area contributed by atoms with E-state index in [0.29, 0.717) is 12.2 Å². The second kappa shape index (κ2) is 8.90. The van der Waals surface area contributed by atoms with Crippen molar-refractivity contribution < 1.29 is 17.9 Å². The van der Waals surface area contributed by atoms with Gasteiger partial charge in [-0.2, -0.15) is 16.5 Å². The molecule has 1 rings (SSSR count). The molecule has 0 aliphatic heterocycles. The zero-order valence-corrected chi connectivity index (χ0v) is 15.9. The van der Waals surface area contributed by atoms with Crippen LogP contribution in [0.15, 0.2) is 33.6 Å². The number of rotatable bonds is 8. The van der Waals surface area contributed by atoms with Crippen LogP contribution in [-0.4, -0.2) is 38.5 Å². The Morgan fingerprint density at radius 2 is 1.91 bits per heavy atom. The van der Waals surface area contributed by atoms with Gasteiger partial charge in [-0.25, -0.2) is 8.42 Å². The summed E-state index contributed by atoms with van der Waals surface area (Å²) in [6, 6.07) is 5.34. The van der Waals surface area contributed by atoms with Crippen molar-refractivity contribution in [3.05, 3.63) is 28.7 Å². The molecule has 0 aliphatic rings. The van der Waals surface area contributed by atoms with Gasteiger partial charge in [0.25, 0.3) is 0 Å². The number of nitrogens with one attached hydrogen (secondary N) is 1. The van der Waals surface area contributed by atoms with Gasteiger partial charge in [-0.3, -0.25) is 4.79 Å². The highest BCUT2D eigenvalue weighted by atomic mass is 79.9. The molecule has 5 nitrogen and oxygen atoms in total. The first-order valence-electron chi connectivity index (χ1n) is 6.73. The normalized spacial score (nSPS) is 13.1. The second-order valence-electron chi connectivity index (χ2n) is 4.89. The van der Waals surface area contributed by atoms with Crippen molar-refractivity contribution in [2.75, 3.05) is 12.0 Å². The molecule has 0 amide bonds. The van der Waals surface area contributed by atoms with Crippen LogP contribution in [0.2, 0.25) is 0 Å². The summed E-state index contributed by atoms with van der Waals surface area (Å²) in [5.74, 6) is 0.102. The van der Waals surface area contributed by atoms with Crippen LogP contribution in [0.5, 0.6) is 0 Å². The molecule has 124 valence electrons. The summed E-state index contributed by atoms with van der Waals surface area (Å²) in [7, 11) is -3.77. The Labute approximate surface area is 144 Å². The SMILES string of the molecule is CSCC[C@H](NS(=O)(=O)c1ccc(Br)cc1)C(=O)OC(C)C. The fraction of sp³-hybridized carbons (Fsp3) is 0.500. The van der Waals surface area contributed by atoms with E-state index in [9.17, 15) is 13.2 Å². The largest absolute Gasteiger partial charge is 0.462 e. The maximum absolute atomic E-state index is 12.4. The second-order valence-corrected chi connectivity index (χ2v) is 8.51. The van der Waals surface area contributed by atoms with Crippen molar-refractivity contribution in [3.63, 3.8) is 0 Å². The Hall–Kier alpha value is -0.570. The Morgan fingerprint density at radius 3 is 2.41 bits per heavy atom. The molecule has 0 heterocycles. The molecule has 1 aromatic rings. The van der Waals surface area contributed by atoms with Crippen LogP contribution in [0.1, 0.15) is 20.3 Å². The lowest BCUT2D eigenvalue weighted by atomic mass is 10.2. The lowest BCUT2D eigenvalue weighted by Gasteiger charge is -2.19. The van der Waals surface area contributed by atoms with E-state index in [2.05, 4.69) is 20.7 Å². The standard InChI is InChI=1S/C14H20BrNO4S2/c1-10(2)20-14(17)13(8-9-21-3)16-22(18,19)12-6-4-11(15)5-7-12/h4-7,10,13,16H,8-9H2,1-3H3/t13-/m0/s1. The van der Waals surface area contributed by atoms with Gasteiger partial charge in [-0.05, 0) is 56.5 Å². The van der Waals surface area contributed by atoms with Crippen LogP contribution in [0.4, 0.5) is 0 Å². The molecule has 8 heteroatoms. The Morgan fingerprint density at radius 1 is 1.32 bits per heavy atom. The van der Waals surface area contributed by atoms with Crippen molar-refractivity contribution in [2.45, 2.75) is 37.3 Å². The number of carbonyl (C=O) groups is 1. The van der Waals surface area contributed by atoms with E-state index >= 15 is 0 Å². The van der Waals surface area contributed by atoms with Crippen LogP contribution in [0, 0.1) is 0 Å². The minimum Gasteiger partial charge on any atom is -0.462 e. The fourth-order valence-corrected chi connectivity index (χ4v) is 3.60. The van der Waals surface area contributed by atoms with E-state index < -0.39 is 22.0 Å². The molecule has 0 saturated carbocycles. The van der Waals surface area contributed by atoms with Crippen molar-refractivity contribution >= 4 is 43.7 Å². The molecule has 0 fully saturated rings. The van der Waals surface area contributed by atoms with Gasteiger partial charge < -0.3 is 4.74 Å². The number of hydrogen-bond donors (Lipinski definition) is 1. The van der Waals surface area contributed by atoms with Crippen LogP contribution in [-0.2, 0) is 19.6 Å². The van der Waals surface area contributed by atoms with Crippen molar-refractivity contribution in [1.29, 1.82) is 0 Å². The number of sulfonamides is 1. The van der Waals surface area contributed by atoms with Crippen molar-refractivity contribution in [3.8, 4) is 0 Å². The molecule has 0 bridgehead atoms. The molecule has 1 aromatic carbocycles. The average Bonchev–Trinajstić information content (AvgIpc) is 2.43. The Bertz CT molecular complexity index is 587. The van der Waals surface area contributed by atoms with E-state index in [0.717, 1.165) is 4.47 Å². The third-order valence-corrected chi connectivity index (χ3v) is 5.33. The molecular weight excluding hydrogens is 390 g/mol. The molecule has 0 unspecified atom stereocenters. The molecule has 0 aromatic heterocycles. The minimum atomic E-state index is -3.77. The highest BCUT2D eigenvalue weighted by molar-refractivity contribution is 9.10. The summed E-state index contributed by atoms with van der Waals surface area (Å²) in [6.45, 7) is 3.46. The van der Waals surface area contributed by atoms with E-state index in [4.69, 9.17) is 4.74 Å². The van der Waals surface area contributed by atoms with Gasteiger partial charge in [-0.15, -0.1) is 0 Å². The fourth-order valence-electron chi connectivity index (χ4n) is 1.64. The quantitative estimate of drug-likeness (QED) is 0.668. The summed E-state index contributed by atoms with van der Waals surface area (Å²) >= 11 is 4.80. The first-order valence-corrected chi connectivity index (χ1v) is 10.4. The van der Waals surface area contributed by atoms with Crippen molar-refractivity contribution in [2.24, 2.45) is 0 Å². The van der Waals surface area contributed by atoms with Gasteiger partial charge in [0.15, 0.2) is 0 Å². The van der Waals surface area contributed by atoms with Gasteiger partial charge in [0.05, 0.1) is 11.0 Å². The molecule has 0 saturated heterocycles. The number of hydrogen-bond acceptors (Lipinski definition) is 5. The predicted molar refractivity (Wildman–Crippen MR) is 92.5 cm³/mol. The van der Waals surface area contributed by atoms with E-state index in [1.54, 1.807) is 37.7 Å². The van der Waals surface area contributed by atoms with E-state index in [-0.39, 0.29) is 11.0 Å². The predicted octanol–water partition coefficient (Wildman–Crippen LogP) is 2.80. The number of halogens is 1. The van der Waals surface area contributed by atoms with Gasteiger partial charge >= 0.3 is 5.97 Å². The summed E-state index contributed by atoms with van der Waals surface area (Å²) < 4.78 is 33.1. The maximum Gasteiger partial charge on any atom is 0.324 e. The first kappa shape index (κ1) is 19.5. The highest BCUT2D eigenvalue weighted by Gasteiger charge is 2.27. The lowest BCUT2D eigenvalue weighted by molar-refractivity contribution is -0.149. The highest BCUT2D eigenvalue weighted by Crippen LogP contribution is 2.16. The third-order valence-electron chi connectivity index (χ3n) is 2.67. The maximum atomic E-state index is 12.4. The third kappa shape index (κ3) is 6.28. The number of esters is 1. The van der Waals surface area contributed by atoms with Crippen LogP contribution in [0.3, 0.4) is 0 Å². The van der Waals surface area contributed by atoms with Crippen LogP contribution < -0.4 is 4.72 Å². The zero-order chi connectivity index (χ0) is 16.8. The number of benzene rings is 1. The average molecular weight is 410 g/mol. The smallest absolute Gasteiger partial charge is 0.324 e. The van der Waals surface area contributed by atoms with Crippen molar-refractivity contribution in [1.82, 2.24) is 4.72 Å². The summed E-state index contributed by atoms with van der Waals surface area (Å²) in [5, 5.41) is 0. The summed E-state index contributed by atoms with van der Waals surface area (Å²) in [4.78, 5) is 12.2. The molecule has 1 N–H and O–H groups in total. The van der Waals surface area contributed by atoms with Gasteiger partial charge in [0.1, 0.15) is 6.04 Å². The molecule has 0 aliphatic carbocycles. The zero-order valence-electron chi connectivity index (χ0n) is 12.7. The number of ether oxygens (including phenoxy) is 1. The monoisotopic (exact) mass is 409 g/mol. The summed E-state index contributed by atoms with van der Waals surface area (Å²) in [6.07, 6.45) is 1.98. The Balaban J connectivity index is 2.91. The minimum absolute atomic E-state index is 0.113. The van der Waals surface area contributed by atoms with Gasteiger partial charge in [0, 0.05) is 4.47 Å². The molecule has 22 heavy (non-hydrogen) atoms. The number of carbonyl (C=O) groups excluding carboxylic acids is 1. The molecule has 0 radical (unpaired) electrons. The van der Waals surface area contributed by atoms with E-state index in [1.165, 1.54) is 12.1 Å². The summed E-state index contributed by atoms with van der Waals surface area (Å²) in [5.41, 5.74) is 0. The molecule has 0 spiro atoms. The molecular formula is C14H20BrNO4S2. The molecule has 1 atom stereocenters. The van der Waals surface area contributed by atoms with Gasteiger partial charge in [0.2, 0.25) is 10.0 Å². The lowest BCUT2D eigenvalue weighted by Crippen LogP contribution is -2.42. The topological polar surface area (TPSA) is 72.5 Å². The number of thioether (sulfide) groups is 1. The first-order chi connectivity index (χ1) is 10.3. The van der Waals surface area contributed by atoms with Gasteiger partial charge in [-0.1, -0.05) is 15.9 Å².